The van der Waals surface area contributed by atoms with E-state index < -0.39 is 0 Å². The van der Waals surface area contributed by atoms with Gasteiger partial charge in [0.2, 0.25) is 0 Å². The normalized spacial score (nSPS) is 15.4. The molecular formula is C23H31FN4O. The number of hydrogen-bond acceptors (Lipinski definition) is 3. The van der Waals surface area contributed by atoms with Crippen LogP contribution in [-0.4, -0.2) is 43.3 Å². The average molecular weight is 399 g/mol. The van der Waals surface area contributed by atoms with Crippen LogP contribution in [-0.2, 0) is 6.42 Å². The summed E-state index contributed by atoms with van der Waals surface area (Å²) in [5, 5.41) is 16.2. The summed E-state index contributed by atoms with van der Waals surface area (Å²) in [7, 11) is 0. The first-order chi connectivity index (χ1) is 14.1. The van der Waals surface area contributed by atoms with Crippen LogP contribution in [0.15, 0.2) is 53.5 Å². The summed E-state index contributed by atoms with van der Waals surface area (Å²) in [5.74, 6) is 0.980. The van der Waals surface area contributed by atoms with Crippen molar-refractivity contribution in [3.63, 3.8) is 0 Å². The van der Waals surface area contributed by atoms with Crippen LogP contribution in [0.3, 0.4) is 0 Å². The molecule has 3 N–H and O–H groups in total. The highest BCUT2D eigenvalue weighted by molar-refractivity contribution is 5.80. The summed E-state index contributed by atoms with van der Waals surface area (Å²) in [6, 6.07) is 14.5. The minimum Gasteiger partial charge on any atom is -0.508 e. The predicted molar refractivity (Wildman–Crippen MR) is 117 cm³/mol. The zero-order chi connectivity index (χ0) is 20.5. The van der Waals surface area contributed by atoms with Gasteiger partial charge in [0.15, 0.2) is 5.96 Å². The lowest BCUT2D eigenvalue weighted by Crippen LogP contribution is -2.48. The van der Waals surface area contributed by atoms with Crippen molar-refractivity contribution in [2.75, 3.05) is 31.1 Å². The van der Waals surface area contributed by atoms with Crippen LogP contribution in [0, 0.1) is 5.82 Å². The second-order valence-electron chi connectivity index (χ2n) is 7.42. The van der Waals surface area contributed by atoms with Gasteiger partial charge in [0.25, 0.3) is 0 Å². The Morgan fingerprint density at radius 3 is 2.62 bits per heavy atom. The number of nitrogens with zero attached hydrogens (tertiary/aromatic N) is 2. The van der Waals surface area contributed by atoms with Crippen LogP contribution in [0.2, 0.25) is 0 Å². The molecule has 2 aromatic rings. The van der Waals surface area contributed by atoms with E-state index in [4.69, 9.17) is 4.99 Å². The summed E-state index contributed by atoms with van der Waals surface area (Å²) in [6.45, 7) is 5.45. The second kappa shape index (κ2) is 10.7. The van der Waals surface area contributed by atoms with Gasteiger partial charge in [0.05, 0.1) is 0 Å². The molecule has 1 heterocycles. The summed E-state index contributed by atoms with van der Waals surface area (Å²) in [4.78, 5) is 6.95. The van der Waals surface area contributed by atoms with Crippen molar-refractivity contribution >= 4 is 11.6 Å². The van der Waals surface area contributed by atoms with Crippen LogP contribution in [0.1, 0.15) is 31.7 Å². The van der Waals surface area contributed by atoms with Crippen molar-refractivity contribution in [3.05, 3.63) is 59.9 Å². The molecule has 0 radical (unpaired) electrons. The van der Waals surface area contributed by atoms with Gasteiger partial charge >= 0.3 is 0 Å². The van der Waals surface area contributed by atoms with Crippen molar-refractivity contribution in [3.8, 4) is 5.75 Å². The SMILES string of the molecule is CCNC(=NCCCc1ccc(O)cc1)NC1CCN(c2cccc(F)c2)CC1. The number of guanidine groups is 1. The van der Waals surface area contributed by atoms with E-state index in [2.05, 4.69) is 22.5 Å². The summed E-state index contributed by atoms with van der Waals surface area (Å²) < 4.78 is 13.5. The molecule has 1 fully saturated rings. The first-order valence-corrected chi connectivity index (χ1v) is 10.5. The average Bonchev–Trinajstić information content (AvgIpc) is 2.73. The molecule has 2 aromatic carbocycles. The molecule has 3 rings (SSSR count). The molecule has 6 heteroatoms. The van der Waals surface area contributed by atoms with Gasteiger partial charge in [-0.1, -0.05) is 18.2 Å². The smallest absolute Gasteiger partial charge is 0.191 e. The Bertz CT molecular complexity index is 786. The number of anilines is 1. The maximum atomic E-state index is 13.5. The number of rotatable bonds is 7. The van der Waals surface area contributed by atoms with Crippen molar-refractivity contribution in [1.29, 1.82) is 0 Å². The van der Waals surface area contributed by atoms with Gasteiger partial charge < -0.3 is 20.6 Å². The maximum Gasteiger partial charge on any atom is 0.191 e. The minimum absolute atomic E-state index is 0.184. The van der Waals surface area contributed by atoms with Gasteiger partial charge in [-0.2, -0.15) is 0 Å². The van der Waals surface area contributed by atoms with Crippen LogP contribution < -0.4 is 15.5 Å². The molecule has 1 aliphatic rings. The van der Waals surface area contributed by atoms with E-state index in [1.165, 1.54) is 11.6 Å². The zero-order valence-corrected chi connectivity index (χ0v) is 17.1. The second-order valence-corrected chi connectivity index (χ2v) is 7.42. The molecule has 0 saturated carbocycles. The number of hydrogen-bond donors (Lipinski definition) is 3. The third-order valence-corrected chi connectivity index (χ3v) is 5.18. The Labute approximate surface area is 172 Å². The Kier molecular flexibility index (Phi) is 7.73. The lowest BCUT2D eigenvalue weighted by molar-refractivity contribution is 0.461. The summed E-state index contributed by atoms with van der Waals surface area (Å²) >= 11 is 0. The Morgan fingerprint density at radius 1 is 1.17 bits per heavy atom. The van der Waals surface area contributed by atoms with Crippen LogP contribution in [0.4, 0.5) is 10.1 Å². The van der Waals surface area contributed by atoms with Crippen molar-refractivity contribution in [1.82, 2.24) is 10.6 Å². The number of aromatic hydroxyl groups is 1. The summed E-state index contributed by atoms with van der Waals surface area (Å²) in [5.41, 5.74) is 2.17. The molecule has 0 unspecified atom stereocenters. The van der Waals surface area contributed by atoms with Crippen LogP contribution >= 0.6 is 0 Å². The highest BCUT2D eigenvalue weighted by atomic mass is 19.1. The van der Waals surface area contributed by atoms with Crippen molar-refractivity contribution < 1.29 is 9.50 Å². The quantitative estimate of drug-likeness (QED) is 0.378. The minimum atomic E-state index is -0.184. The summed E-state index contributed by atoms with van der Waals surface area (Å²) in [6.07, 6.45) is 3.89. The molecule has 156 valence electrons. The van der Waals surface area contributed by atoms with Crippen molar-refractivity contribution in [2.45, 2.75) is 38.6 Å². The van der Waals surface area contributed by atoms with Gasteiger partial charge in [-0.3, -0.25) is 4.99 Å². The number of phenolic OH excluding ortho intramolecular Hbond substituents is 1. The van der Waals surface area contributed by atoms with E-state index in [0.29, 0.717) is 11.8 Å². The Morgan fingerprint density at radius 2 is 1.93 bits per heavy atom. The zero-order valence-electron chi connectivity index (χ0n) is 17.1. The largest absolute Gasteiger partial charge is 0.508 e. The van der Waals surface area contributed by atoms with E-state index in [1.54, 1.807) is 24.3 Å². The molecule has 29 heavy (non-hydrogen) atoms. The molecule has 0 aromatic heterocycles. The number of aryl methyl sites for hydroxylation is 1. The van der Waals surface area contributed by atoms with Gasteiger partial charge in [-0.05, 0) is 68.5 Å². The van der Waals surface area contributed by atoms with Crippen LogP contribution in [0.25, 0.3) is 0 Å². The van der Waals surface area contributed by atoms with E-state index in [0.717, 1.165) is 63.5 Å². The first kappa shape index (κ1) is 21.0. The fraction of sp³-hybridized carbons (Fsp3) is 0.435. The highest BCUT2D eigenvalue weighted by Crippen LogP contribution is 2.20. The molecular weight excluding hydrogens is 367 g/mol. The third kappa shape index (κ3) is 6.66. The Hall–Kier alpha value is -2.76. The van der Waals surface area contributed by atoms with Crippen molar-refractivity contribution in [2.24, 2.45) is 4.99 Å². The molecule has 5 nitrogen and oxygen atoms in total. The standard InChI is InChI=1S/C23H31FN4O/c1-2-25-23(26-14-4-5-18-8-10-22(29)11-9-18)27-20-12-15-28(16-13-20)21-7-3-6-19(24)17-21/h3,6-11,17,20,29H,2,4-5,12-16H2,1H3,(H2,25,26,27). The maximum absolute atomic E-state index is 13.5. The fourth-order valence-electron chi connectivity index (χ4n) is 3.60. The van der Waals surface area contributed by atoms with E-state index in [9.17, 15) is 9.50 Å². The molecule has 0 atom stereocenters. The molecule has 0 spiro atoms. The lowest BCUT2D eigenvalue weighted by Gasteiger charge is -2.34. The van der Waals surface area contributed by atoms with Gasteiger partial charge in [-0.25, -0.2) is 4.39 Å². The molecule has 0 amide bonds. The predicted octanol–water partition coefficient (Wildman–Crippen LogP) is 3.69. The number of aliphatic imine (C=N–C) groups is 1. The topological polar surface area (TPSA) is 59.9 Å². The monoisotopic (exact) mass is 398 g/mol. The van der Waals surface area contributed by atoms with E-state index in [1.807, 2.05) is 18.2 Å². The number of halogens is 1. The van der Waals surface area contributed by atoms with Gasteiger partial charge in [0.1, 0.15) is 11.6 Å². The molecule has 1 aliphatic heterocycles. The third-order valence-electron chi connectivity index (χ3n) is 5.18. The number of piperidine rings is 1. The van der Waals surface area contributed by atoms with Gasteiger partial charge in [-0.15, -0.1) is 0 Å². The first-order valence-electron chi connectivity index (χ1n) is 10.5. The number of nitrogens with one attached hydrogen (secondary N) is 2. The highest BCUT2D eigenvalue weighted by Gasteiger charge is 2.20. The number of benzene rings is 2. The van der Waals surface area contributed by atoms with E-state index >= 15 is 0 Å². The fourth-order valence-corrected chi connectivity index (χ4v) is 3.60. The van der Waals surface area contributed by atoms with E-state index in [-0.39, 0.29) is 5.82 Å². The molecule has 1 saturated heterocycles. The van der Waals surface area contributed by atoms with Gasteiger partial charge in [0, 0.05) is 37.9 Å². The Balaban J connectivity index is 1.45. The molecule has 0 aliphatic carbocycles. The number of phenols is 1. The molecule has 0 bridgehead atoms. The van der Waals surface area contributed by atoms with Crippen LogP contribution in [0.5, 0.6) is 5.75 Å². The lowest BCUT2D eigenvalue weighted by atomic mass is 10.0.